The number of hydrogen-bond acceptors (Lipinski definition) is 2. The fourth-order valence-corrected chi connectivity index (χ4v) is 0.406. The molecule has 3 nitrogen and oxygen atoms in total. The Kier molecular flexibility index (Phi) is 4.38. The average molecular weight is 269 g/mol. The lowest BCUT2D eigenvalue weighted by molar-refractivity contribution is 1.43. The van der Waals surface area contributed by atoms with Crippen molar-refractivity contribution >= 4 is 37.7 Å². The van der Waals surface area contributed by atoms with Gasteiger partial charge in [0.25, 0.3) is 0 Å². The number of nitrogens with zero attached hydrogens (tertiary/aromatic N) is 1. The number of hydrogen-bond donors (Lipinski definition) is 2. The van der Waals surface area contributed by atoms with E-state index in [9.17, 15) is 0 Å². The number of amidine groups is 1. The van der Waals surface area contributed by atoms with Crippen LogP contribution in [0.4, 0.5) is 0 Å². The van der Waals surface area contributed by atoms with E-state index in [2.05, 4.69) is 43.4 Å². The van der Waals surface area contributed by atoms with Gasteiger partial charge in [-0.2, -0.15) is 0 Å². The van der Waals surface area contributed by atoms with Gasteiger partial charge in [-0.3, -0.25) is 0 Å². The summed E-state index contributed by atoms with van der Waals surface area (Å²) in [5.74, 6) is 0.308. The van der Waals surface area contributed by atoms with Crippen LogP contribution in [0.3, 0.4) is 0 Å². The van der Waals surface area contributed by atoms with Crippen LogP contribution >= 0.6 is 31.9 Å². The molecule has 5 heteroatoms. The molecule has 0 saturated carbocycles. The van der Waals surface area contributed by atoms with Crippen LogP contribution in [0.2, 0.25) is 0 Å². The molecule has 4 N–H and O–H groups in total. The fourth-order valence-electron chi connectivity index (χ4n) is 0.201. The third kappa shape index (κ3) is 4.58. The first kappa shape index (κ1) is 9.71. The molecule has 0 aliphatic heterocycles. The van der Waals surface area contributed by atoms with E-state index in [0.717, 1.165) is 0 Å². The minimum absolute atomic E-state index is 0.308. The van der Waals surface area contributed by atoms with Crippen molar-refractivity contribution in [3.8, 4) is 0 Å². The Bertz CT molecular complexity index is 191. The van der Waals surface area contributed by atoms with E-state index < -0.39 is 0 Å². The van der Waals surface area contributed by atoms with Gasteiger partial charge in [0.1, 0.15) is 5.84 Å². The highest BCUT2D eigenvalue weighted by atomic mass is 79.9. The second-order valence-corrected chi connectivity index (χ2v) is 3.31. The Hall–Kier alpha value is -0.290. The number of halogens is 2. The molecule has 0 bridgehead atoms. The summed E-state index contributed by atoms with van der Waals surface area (Å²) in [5.41, 5.74) is 10.6. The molecule has 0 radical (unpaired) electrons. The van der Waals surface area contributed by atoms with Crippen molar-refractivity contribution in [2.75, 3.05) is 0 Å². The lowest BCUT2D eigenvalue weighted by atomic mass is 10.6. The molecule has 10 heavy (non-hydrogen) atoms. The predicted octanol–water partition coefficient (Wildman–Crippen LogP) is 1.40. The van der Waals surface area contributed by atoms with Crippen molar-refractivity contribution in [3.05, 3.63) is 21.9 Å². The van der Waals surface area contributed by atoms with Crippen LogP contribution in [-0.2, 0) is 0 Å². The van der Waals surface area contributed by atoms with Gasteiger partial charge in [-0.15, -0.1) is 0 Å². The van der Waals surface area contributed by atoms with E-state index in [1.54, 1.807) is 0 Å². The summed E-state index contributed by atoms with van der Waals surface area (Å²) in [6, 6.07) is 0. The normalized spacial score (nSPS) is 13.4. The summed E-state index contributed by atoms with van der Waals surface area (Å²) in [6.45, 7) is 3.51. The molecule has 0 unspecified atom stereocenters. The van der Waals surface area contributed by atoms with Gasteiger partial charge in [0.05, 0.1) is 15.3 Å². The van der Waals surface area contributed by atoms with Gasteiger partial charge in [-0.1, -0.05) is 6.58 Å². The van der Waals surface area contributed by atoms with Gasteiger partial charge in [0.2, 0.25) is 0 Å². The zero-order valence-electron chi connectivity index (χ0n) is 5.14. The summed E-state index contributed by atoms with van der Waals surface area (Å²) in [5, 5.41) is 0. The van der Waals surface area contributed by atoms with Crippen LogP contribution in [0.1, 0.15) is 0 Å². The predicted molar refractivity (Wildman–Crippen MR) is 50.9 cm³/mol. The van der Waals surface area contributed by atoms with Gasteiger partial charge >= 0.3 is 0 Å². The maximum Gasteiger partial charge on any atom is 0.137 e. The first-order valence-electron chi connectivity index (χ1n) is 2.33. The van der Waals surface area contributed by atoms with E-state index in [1.165, 1.54) is 6.20 Å². The summed E-state index contributed by atoms with van der Waals surface area (Å²) >= 11 is 6.04. The van der Waals surface area contributed by atoms with E-state index in [-0.39, 0.29) is 0 Å². The summed E-state index contributed by atoms with van der Waals surface area (Å²) in [7, 11) is 0. The minimum Gasteiger partial charge on any atom is -0.392 e. The first-order valence-corrected chi connectivity index (χ1v) is 3.92. The standard InChI is InChI=1S/C5H7Br2N3/c1-3(6)5(9)10-2-4(7)8/h2H,1,8H2,(H2,9,10)/b4-2-. The van der Waals surface area contributed by atoms with Crippen LogP contribution in [0.25, 0.3) is 0 Å². The summed E-state index contributed by atoms with van der Waals surface area (Å²) < 4.78 is 0.960. The maximum absolute atomic E-state index is 5.35. The number of aliphatic imine (C=N–C) groups is 1. The quantitative estimate of drug-likeness (QED) is 0.452. The Labute approximate surface area is 76.1 Å². The van der Waals surface area contributed by atoms with Crippen molar-refractivity contribution < 1.29 is 0 Å². The minimum atomic E-state index is 0.308. The van der Waals surface area contributed by atoms with Crippen LogP contribution in [0, 0.1) is 0 Å². The third-order valence-electron chi connectivity index (χ3n) is 0.605. The molecular formula is C5H7Br2N3. The Morgan fingerprint density at radius 1 is 1.40 bits per heavy atom. The highest BCUT2D eigenvalue weighted by molar-refractivity contribution is 9.12. The Morgan fingerprint density at radius 3 is 2.20 bits per heavy atom. The molecule has 0 aromatic carbocycles. The molecular weight excluding hydrogens is 262 g/mol. The second-order valence-electron chi connectivity index (χ2n) is 1.43. The van der Waals surface area contributed by atoms with Gasteiger partial charge in [-0.05, 0) is 31.9 Å². The lowest BCUT2D eigenvalue weighted by Crippen LogP contribution is -2.09. The van der Waals surface area contributed by atoms with Crippen molar-refractivity contribution in [2.24, 2.45) is 16.5 Å². The largest absolute Gasteiger partial charge is 0.392 e. The van der Waals surface area contributed by atoms with E-state index in [0.29, 0.717) is 14.9 Å². The van der Waals surface area contributed by atoms with Gasteiger partial charge < -0.3 is 11.5 Å². The van der Waals surface area contributed by atoms with Crippen LogP contribution in [-0.4, -0.2) is 5.84 Å². The maximum atomic E-state index is 5.35. The molecule has 0 heterocycles. The molecule has 0 saturated heterocycles. The van der Waals surface area contributed by atoms with Crippen molar-refractivity contribution in [1.82, 2.24) is 0 Å². The zero-order valence-corrected chi connectivity index (χ0v) is 8.31. The second kappa shape index (κ2) is 4.51. The zero-order chi connectivity index (χ0) is 8.15. The van der Waals surface area contributed by atoms with Crippen molar-refractivity contribution in [2.45, 2.75) is 0 Å². The molecule has 0 aromatic rings. The van der Waals surface area contributed by atoms with E-state index in [1.807, 2.05) is 0 Å². The summed E-state index contributed by atoms with van der Waals surface area (Å²) in [6.07, 6.45) is 1.39. The molecule has 0 spiro atoms. The number of nitrogens with two attached hydrogens (primary N) is 2. The average Bonchev–Trinajstić information content (AvgIpc) is 1.82. The highest BCUT2D eigenvalue weighted by Gasteiger charge is 1.90. The first-order chi connectivity index (χ1) is 4.54. The molecule has 0 amide bonds. The van der Waals surface area contributed by atoms with E-state index >= 15 is 0 Å². The topological polar surface area (TPSA) is 64.4 Å². The van der Waals surface area contributed by atoms with Crippen LogP contribution < -0.4 is 11.5 Å². The van der Waals surface area contributed by atoms with Gasteiger partial charge in [-0.25, -0.2) is 4.99 Å². The lowest BCUT2D eigenvalue weighted by Gasteiger charge is -1.91. The smallest absolute Gasteiger partial charge is 0.137 e. The number of rotatable bonds is 2. The Morgan fingerprint density at radius 2 is 1.90 bits per heavy atom. The van der Waals surface area contributed by atoms with Crippen LogP contribution in [0.15, 0.2) is 26.9 Å². The van der Waals surface area contributed by atoms with Crippen LogP contribution in [0.5, 0.6) is 0 Å². The molecule has 0 rings (SSSR count). The Balaban J connectivity index is 4.19. The molecule has 56 valence electrons. The SMILES string of the molecule is C=C(Br)C(N)=N/C=C(\N)Br. The third-order valence-corrected chi connectivity index (χ3v) is 1.22. The highest BCUT2D eigenvalue weighted by Crippen LogP contribution is 2.01. The molecule has 0 fully saturated rings. The summed E-state index contributed by atoms with van der Waals surface area (Å²) in [4.78, 5) is 3.74. The van der Waals surface area contributed by atoms with E-state index in [4.69, 9.17) is 11.5 Å². The van der Waals surface area contributed by atoms with Crippen molar-refractivity contribution in [1.29, 1.82) is 0 Å². The van der Waals surface area contributed by atoms with Crippen molar-refractivity contribution in [3.63, 3.8) is 0 Å². The fraction of sp³-hybridized carbons (Fsp3) is 0. The molecule has 0 aliphatic rings. The monoisotopic (exact) mass is 267 g/mol. The van der Waals surface area contributed by atoms with Gasteiger partial charge in [0.15, 0.2) is 0 Å². The molecule has 0 aromatic heterocycles. The molecule has 0 aliphatic carbocycles. The molecule has 0 atom stereocenters. The van der Waals surface area contributed by atoms with Gasteiger partial charge in [0, 0.05) is 0 Å².